The highest BCUT2D eigenvalue weighted by atomic mass is 16.4. The highest BCUT2D eigenvalue weighted by Crippen LogP contribution is 2.03. The van der Waals surface area contributed by atoms with E-state index >= 15 is 0 Å². The summed E-state index contributed by atoms with van der Waals surface area (Å²) in [4.78, 5) is 10.4. The van der Waals surface area contributed by atoms with E-state index in [0.717, 1.165) is 0 Å². The first-order valence-corrected chi connectivity index (χ1v) is 5.28. The van der Waals surface area contributed by atoms with Crippen molar-refractivity contribution in [3.8, 4) is 0 Å². The summed E-state index contributed by atoms with van der Waals surface area (Å²) >= 11 is 0. The molecule has 0 saturated carbocycles. The molecule has 0 saturated heterocycles. The molecule has 0 spiro atoms. The third-order valence-electron chi connectivity index (χ3n) is 1.67. The summed E-state index contributed by atoms with van der Waals surface area (Å²) in [6, 6.07) is 0. The number of hydrogen-bond acceptors (Lipinski definition) is 1. The predicted molar refractivity (Wildman–Crippen MR) is 65.9 cm³/mol. The van der Waals surface area contributed by atoms with E-state index in [2.05, 4.69) is 27.0 Å². The van der Waals surface area contributed by atoms with Crippen LogP contribution >= 0.6 is 0 Å². The summed E-state index contributed by atoms with van der Waals surface area (Å²) in [5, 5.41) is 8.58. The Morgan fingerprint density at radius 3 is 2.00 bits per heavy atom. The number of aliphatic carboxylic acids is 1. The largest absolute Gasteiger partial charge is 0.478 e. The fourth-order valence-electron chi connectivity index (χ4n) is 0.639. The van der Waals surface area contributed by atoms with Gasteiger partial charge < -0.3 is 5.11 Å². The van der Waals surface area contributed by atoms with Gasteiger partial charge in [0.25, 0.3) is 0 Å². The van der Waals surface area contributed by atoms with Crippen molar-refractivity contribution >= 4 is 5.97 Å². The summed E-state index contributed by atoms with van der Waals surface area (Å²) in [6.07, 6.45) is 8.50. The molecule has 1 N–H and O–H groups in total. The van der Waals surface area contributed by atoms with Gasteiger partial charge in [-0.25, -0.2) is 4.79 Å². The molecule has 0 heterocycles. The number of carbonyl (C=O) groups is 1. The molecule has 2 nitrogen and oxygen atoms in total. The lowest BCUT2D eigenvalue weighted by Crippen LogP contribution is -1.98. The maximum Gasteiger partial charge on any atom is 0.331 e. The maximum absolute atomic E-state index is 10.4. The van der Waals surface area contributed by atoms with Crippen molar-refractivity contribution in [2.75, 3.05) is 0 Å². The van der Waals surface area contributed by atoms with Gasteiger partial charge in [-0.1, -0.05) is 44.9 Å². The molecule has 0 aliphatic rings. The Balaban J connectivity index is 0. The van der Waals surface area contributed by atoms with Crippen molar-refractivity contribution in [1.29, 1.82) is 0 Å². The molecule has 15 heavy (non-hydrogen) atoms. The van der Waals surface area contributed by atoms with Gasteiger partial charge in [0.15, 0.2) is 0 Å². The summed E-state index contributed by atoms with van der Waals surface area (Å²) < 4.78 is 0. The molecule has 0 atom stereocenters. The van der Waals surface area contributed by atoms with Gasteiger partial charge in [0, 0.05) is 5.57 Å². The van der Waals surface area contributed by atoms with Crippen molar-refractivity contribution in [1.82, 2.24) is 0 Å². The number of allylic oxidation sites excluding steroid dienone is 3. The van der Waals surface area contributed by atoms with E-state index in [9.17, 15) is 4.79 Å². The van der Waals surface area contributed by atoms with Gasteiger partial charge in [-0.05, 0) is 12.8 Å². The first-order valence-electron chi connectivity index (χ1n) is 5.28. The summed E-state index contributed by atoms with van der Waals surface area (Å²) in [7, 11) is 0. The minimum atomic E-state index is -0.883. The van der Waals surface area contributed by atoms with Crippen molar-refractivity contribution in [3.05, 3.63) is 37.0 Å². The summed E-state index contributed by atoms with van der Waals surface area (Å²) in [5.41, 5.74) is 0.375. The molecule has 86 valence electrons. The zero-order valence-corrected chi connectivity index (χ0v) is 9.83. The second kappa shape index (κ2) is 12.7. The molecule has 0 bridgehead atoms. The van der Waals surface area contributed by atoms with E-state index in [1.165, 1.54) is 12.8 Å². The maximum atomic E-state index is 10.4. The molecule has 0 unspecified atom stereocenters. The Bertz CT molecular complexity index is 213. The Labute approximate surface area is 93.0 Å². The van der Waals surface area contributed by atoms with E-state index in [0.29, 0.717) is 18.4 Å². The van der Waals surface area contributed by atoms with Gasteiger partial charge in [-0.3, -0.25) is 0 Å². The van der Waals surface area contributed by atoms with E-state index in [1.54, 1.807) is 18.2 Å². The first kappa shape index (κ1) is 16.1. The lowest BCUT2D eigenvalue weighted by molar-refractivity contribution is -0.132. The smallest absolute Gasteiger partial charge is 0.331 e. The normalized spacial score (nSPS) is 9.87. The summed E-state index contributed by atoms with van der Waals surface area (Å²) in [6.45, 7) is 11.3. The third-order valence-corrected chi connectivity index (χ3v) is 1.67. The number of unbranched alkanes of at least 4 members (excludes halogenated alkanes) is 1. The van der Waals surface area contributed by atoms with Crippen LogP contribution in [0.15, 0.2) is 37.0 Å². The van der Waals surface area contributed by atoms with Crippen LogP contribution in [0.3, 0.4) is 0 Å². The molecule has 0 aliphatic carbocycles. The Hall–Kier alpha value is -1.31. The standard InChI is InChI=1S/C9H12O2.C4H10/c1-3-5-7-8(6-4-2)9(10)11;1-3-4-2/h3-4,7H,1-2,5-6H2,(H,10,11);3-4H2,1-2H3. The van der Waals surface area contributed by atoms with Gasteiger partial charge >= 0.3 is 5.97 Å². The van der Waals surface area contributed by atoms with Crippen LogP contribution in [-0.2, 0) is 4.79 Å². The molecule has 0 rings (SSSR count). The van der Waals surface area contributed by atoms with Crippen LogP contribution in [0.5, 0.6) is 0 Å². The van der Waals surface area contributed by atoms with E-state index in [4.69, 9.17) is 5.11 Å². The molecule has 2 heteroatoms. The molecule has 0 amide bonds. The molecular weight excluding hydrogens is 188 g/mol. The molecule has 0 fully saturated rings. The molecule has 0 aromatic heterocycles. The Kier molecular flexibility index (Phi) is 13.6. The quantitative estimate of drug-likeness (QED) is 0.532. The van der Waals surface area contributed by atoms with Crippen LogP contribution in [0.2, 0.25) is 0 Å². The van der Waals surface area contributed by atoms with Crippen LogP contribution < -0.4 is 0 Å². The molecule has 0 radical (unpaired) electrons. The van der Waals surface area contributed by atoms with Gasteiger partial charge in [0.2, 0.25) is 0 Å². The van der Waals surface area contributed by atoms with E-state index < -0.39 is 5.97 Å². The lowest BCUT2D eigenvalue weighted by atomic mass is 10.1. The highest BCUT2D eigenvalue weighted by Gasteiger charge is 2.02. The highest BCUT2D eigenvalue weighted by molar-refractivity contribution is 5.86. The zero-order chi connectivity index (χ0) is 12.1. The van der Waals surface area contributed by atoms with Gasteiger partial charge in [-0.2, -0.15) is 0 Å². The van der Waals surface area contributed by atoms with Gasteiger partial charge in [-0.15, -0.1) is 13.2 Å². The fraction of sp³-hybridized carbons (Fsp3) is 0.462. The van der Waals surface area contributed by atoms with Crippen molar-refractivity contribution in [2.24, 2.45) is 0 Å². The van der Waals surface area contributed by atoms with Gasteiger partial charge in [0.1, 0.15) is 0 Å². The van der Waals surface area contributed by atoms with Crippen LogP contribution in [0.4, 0.5) is 0 Å². The van der Waals surface area contributed by atoms with Crippen LogP contribution in [0.25, 0.3) is 0 Å². The second-order valence-corrected chi connectivity index (χ2v) is 3.05. The van der Waals surface area contributed by atoms with Gasteiger partial charge in [0.05, 0.1) is 0 Å². The molecule has 0 aliphatic heterocycles. The minimum Gasteiger partial charge on any atom is -0.478 e. The average molecular weight is 210 g/mol. The average Bonchev–Trinajstić information content (AvgIpc) is 2.24. The molecular formula is C13H22O2. The number of rotatable bonds is 6. The van der Waals surface area contributed by atoms with Crippen molar-refractivity contribution < 1.29 is 9.90 Å². The van der Waals surface area contributed by atoms with E-state index in [-0.39, 0.29) is 0 Å². The van der Waals surface area contributed by atoms with Crippen LogP contribution in [0.1, 0.15) is 39.5 Å². The Morgan fingerprint density at radius 1 is 1.20 bits per heavy atom. The van der Waals surface area contributed by atoms with Crippen LogP contribution in [0, 0.1) is 0 Å². The van der Waals surface area contributed by atoms with Crippen molar-refractivity contribution in [2.45, 2.75) is 39.5 Å². The Morgan fingerprint density at radius 2 is 1.73 bits per heavy atom. The number of hydrogen-bond donors (Lipinski definition) is 1. The third kappa shape index (κ3) is 12.7. The lowest BCUT2D eigenvalue weighted by Gasteiger charge is -1.94. The molecule has 0 aromatic carbocycles. The monoisotopic (exact) mass is 210 g/mol. The van der Waals surface area contributed by atoms with Crippen LogP contribution in [-0.4, -0.2) is 11.1 Å². The topological polar surface area (TPSA) is 37.3 Å². The SMILES string of the molecule is C=CCC=C(CC=C)C(=O)O.CCCC. The second-order valence-electron chi connectivity index (χ2n) is 3.05. The molecule has 0 aromatic rings. The summed E-state index contributed by atoms with van der Waals surface area (Å²) in [5.74, 6) is -0.883. The first-order chi connectivity index (χ1) is 7.13. The zero-order valence-electron chi connectivity index (χ0n) is 9.83. The van der Waals surface area contributed by atoms with Crippen molar-refractivity contribution in [3.63, 3.8) is 0 Å². The number of carboxylic acids is 1. The fourth-order valence-corrected chi connectivity index (χ4v) is 0.639. The number of carboxylic acid groups (broad SMARTS) is 1. The minimum absolute atomic E-state index is 0.375. The predicted octanol–water partition coefficient (Wildman–Crippen LogP) is 3.96. The van der Waals surface area contributed by atoms with E-state index in [1.807, 2.05) is 0 Å².